The van der Waals surface area contributed by atoms with Crippen LogP contribution in [0.25, 0.3) is 0 Å². The molecule has 0 saturated carbocycles. The fourth-order valence-corrected chi connectivity index (χ4v) is 2.23. The average molecular weight is 336 g/mol. The maximum Gasteiger partial charge on any atom is 0.142 e. The lowest BCUT2D eigenvalue weighted by Gasteiger charge is -2.13. The summed E-state index contributed by atoms with van der Waals surface area (Å²) >= 11 is 3.32. The molecule has 0 aromatic heterocycles. The molecule has 106 valence electrons. The van der Waals surface area contributed by atoms with E-state index in [9.17, 15) is 5.11 Å². The van der Waals surface area contributed by atoms with Crippen LogP contribution in [-0.4, -0.2) is 11.7 Å². The summed E-state index contributed by atoms with van der Waals surface area (Å²) in [6.45, 7) is 3.47. The number of halogens is 1. The van der Waals surface area contributed by atoms with Crippen molar-refractivity contribution >= 4 is 21.6 Å². The van der Waals surface area contributed by atoms with Crippen molar-refractivity contribution in [3.8, 4) is 11.5 Å². The molecule has 2 aromatic rings. The Morgan fingerprint density at radius 3 is 2.75 bits per heavy atom. The van der Waals surface area contributed by atoms with Gasteiger partial charge in [-0.15, -0.1) is 0 Å². The smallest absolute Gasteiger partial charge is 0.142 e. The minimum absolute atomic E-state index is 0.250. The molecule has 0 amide bonds. The van der Waals surface area contributed by atoms with E-state index in [0.717, 1.165) is 23.4 Å². The molecule has 0 aliphatic rings. The minimum Gasteiger partial charge on any atom is -0.507 e. The van der Waals surface area contributed by atoms with Crippen LogP contribution in [0.15, 0.2) is 46.9 Å². The van der Waals surface area contributed by atoms with Crippen molar-refractivity contribution in [2.75, 3.05) is 11.9 Å². The maximum atomic E-state index is 9.48. The van der Waals surface area contributed by atoms with Gasteiger partial charge >= 0.3 is 0 Å². The second-order valence-electron chi connectivity index (χ2n) is 4.48. The van der Waals surface area contributed by atoms with Crippen molar-refractivity contribution in [1.29, 1.82) is 0 Å². The van der Waals surface area contributed by atoms with Crippen LogP contribution in [0, 0.1) is 0 Å². The number of phenolic OH excluding ortho intramolecular Hbond substituents is 1. The molecule has 4 heteroatoms. The molecule has 2 aromatic carbocycles. The second kappa shape index (κ2) is 7.20. The highest BCUT2D eigenvalue weighted by atomic mass is 79.9. The summed E-state index contributed by atoms with van der Waals surface area (Å²) in [6, 6.07) is 13.4. The van der Waals surface area contributed by atoms with Crippen molar-refractivity contribution in [2.45, 2.75) is 19.9 Å². The quantitative estimate of drug-likeness (QED) is 0.813. The van der Waals surface area contributed by atoms with Gasteiger partial charge in [0, 0.05) is 6.54 Å². The van der Waals surface area contributed by atoms with Crippen molar-refractivity contribution < 1.29 is 9.84 Å². The molecule has 0 radical (unpaired) electrons. The lowest BCUT2D eigenvalue weighted by Crippen LogP contribution is -2.03. The van der Waals surface area contributed by atoms with E-state index in [1.807, 2.05) is 36.4 Å². The number of para-hydroxylation sites is 2. The first-order chi connectivity index (χ1) is 9.70. The number of anilines is 1. The molecule has 0 bridgehead atoms. The summed E-state index contributed by atoms with van der Waals surface area (Å²) in [6.07, 6.45) is 0.985. The molecule has 0 heterocycles. The number of aromatic hydroxyl groups is 1. The highest BCUT2D eigenvalue weighted by Crippen LogP contribution is 2.27. The van der Waals surface area contributed by atoms with Gasteiger partial charge in [0.1, 0.15) is 11.5 Å². The molecule has 0 spiro atoms. The Balaban J connectivity index is 2.04. The van der Waals surface area contributed by atoms with E-state index in [0.29, 0.717) is 17.6 Å². The van der Waals surface area contributed by atoms with Gasteiger partial charge in [0.05, 0.1) is 16.8 Å². The first kappa shape index (κ1) is 14.7. The number of rotatable bonds is 6. The standard InChI is InChI=1S/C16H18BrNO2/c1-2-9-20-16-6-4-3-5-14(16)18-11-12-7-8-15(19)13(17)10-12/h3-8,10,18-19H,2,9,11H2,1H3. The third-order valence-corrected chi connectivity index (χ3v) is 3.48. The molecule has 20 heavy (non-hydrogen) atoms. The van der Waals surface area contributed by atoms with E-state index in [2.05, 4.69) is 28.2 Å². The van der Waals surface area contributed by atoms with Crippen molar-refractivity contribution in [3.05, 3.63) is 52.5 Å². The van der Waals surface area contributed by atoms with E-state index < -0.39 is 0 Å². The molecule has 0 atom stereocenters. The van der Waals surface area contributed by atoms with E-state index in [1.165, 1.54) is 0 Å². The summed E-state index contributed by atoms with van der Waals surface area (Å²) in [4.78, 5) is 0. The van der Waals surface area contributed by atoms with Gasteiger partial charge in [0.2, 0.25) is 0 Å². The first-order valence-corrected chi connectivity index (χ1v) is 7.43. The fourth-order valence-electron chi connectivity index (χ4n) is 1.81. The molecule has 0 aliphatic carbocycles. The van der Waals surface area contributed by atoms with Crippen molar-refractivity contribution in [2.24, 2.45) is 0 Å². The summed E-state index contributed by atoms with van der Waals surface area (Å²) in [5.74, 6) is 1.12. The third-order valence-electron chi connectivity index (χ3n) is 2.84. The predicted octanol–water partition coefficient (Wildman–Crippen LogP) is 4.56. The van der Waals surface area contributed by atoms with Gasteiger partial charge in [-0.05, 0) is 52.2 Å². The predicted molar refractivity (Wildman–Crippen MR) is 85.4 cm³/mol. The van der Waals surface area contributed by atoms with E-state index >= 15 is 0 Å². The van der Waals surface area contributed by atoms with Crippen LogP contribution in [0.5, 0.6) is 11.5 Å². The van der Waals surface area contributed by atoms with Crippen molar-refractivity contribution in [3.63, 3.8) is 0 Å². The molecular formula is C16H18BrNO2. The number of ether oxygens (including phenoxy) is 1. The molecular weight excluding hydrogens is 318 g/mol. The Morgan fingerprint density at radius 2 is 2.00 bits per heavy atom. The summed E-state index contributed by atoms with van der Waals surface area (Å²) in [7, 11) is 0. The Hall–Kier alpha value is -1.68. The fraction of sp³-hybridized carbons (Fsp3) is 0.250. The summed E-state index contributed by atoms with van der Waals surface area (Å²) in [5.41, 5.74) is 2.06. The van der Waals surface area contributed by atoms with Crippen LogP contribution in [0.3, 0.4) is 0 Å². The Morgan fingerprint density at radius 1 is 1.20 bits per heavy atom. The lowest BCUT2D eigenvalue weighted by atomic mass is 10.2. The zero-order valence-electron chi connectivity index (χ0n) is 11.4. The number of benzene rings is 2. The Labute approximate surface area is 127 Å². The van der Waals surface area contributed by atoms with Crippen LogP contribution in [-0.2, 0) is 6.54 Å². The SMILES string of the molecule is CCCOc1ccccc1NCc1ccc(O)c(Br)c1. The normalized spacial score (nSPS) is 10.3. The monoisotopic (exact) mass is 335 g/mol. The number of nitrogens with one attached hydrogen (secondary N) is 1. The lowest BCUT2D eigenvalue weighted by molar-refractivity contribution is 0.319. The van der Waals surface area contributed by atoms with Gasteiger partial charge in [0.25, 0.3) is 0 Å². The Bertz CT molecular complexity index is 572. The number of phenols is 1. The van der Waals surface area contributed by atoms with Gasteiger partial charge in [-0.1, -0.05) is 25.1 Å². The number of hydrogen-bond donors (Lipinski definition) is 2. The van der Waals surface area contributed by atoms with Gasteiger partial charge in [-0.2, -0.15) is 0 Å². The molecule has 0 fully saturated rings. The topological polar surface area (TPSA) is 41.5 Å². The molecule has 0 unspecified atom stereocenters. The van der Waals surface area contributed by atoms with Gasteiger partial charge in [-0.25, -0.2) is 0 Å². The average Bonchev–Trinajstić information content (AvgIpc) is 2.47. The van der Waals surface area contributed by atoms with E-state index in [4.69, 9.17) is 4.74 Å². The summed E-state index contributed by atoms with van der Waals surface area (Å²) < 4.78 is 6.41. The first-order valence-electron chi connectivity index (χ1n) is 6.63. The Kier molecular flexibility index (Phi) is 5.30. The summed E-state index contributed by atoms with van der Waals surface area (Å²) in [5, 5.41) is 12.8. The molecule has 3 nitrogen and oxygen atoms in total. The van der Waals surface area contributed by atoms with Crippen LogP contribution in [0.4, 0.5) is 5.69 Å². The van der Waals surface area contributed by atoms with Crippen molar-refractivity contribution in [1.82, 2.24) is 0 Å². The van der Waals surface area contributed by atoms with Crippen LogP contribution in [0.1, 0.15) is 18.9 Å². The second-order valence-corrected chi connectivity index (χ2v) is 5.34. The van der Waals surface area contributed by atoms with E-state index in [1.54, 1.807) is 6.07 Å². The maximum absolute atomic E-state index is 9.48. The number of hydrogen-bond acceptors (Lipinski definition) is 3. The molecule has 0 aliphatic heterocycles. The molecule has 2 N–H and O–H groups in total. The highest BCUT2D eigenvalue weighted by Gasteiger charge is 2.03. The van der Waals surface area contributed by atoms with Crippen LogP contribution >= 0.6 is 15.9 Å². The zero-order chi connectivity index (χ0) is 14.4. The third kappa shape index (κ3) is 3.90. The highest BCUT2D eigenvalue weighted by molar-refractivity contribution is 9.10. The largest absolute Gasteiger partial charge is 0.507 e. The van der Waals surface area contributed by atoms with Gasteiger partial charge < -0.3 is 15.2 Å². The zero-order valence-corrected chi connectivity index (χ0v) is 13.0. The van der Waals surface area contributed by atoms with Crippen LogP contribution < -0.4 is 10.1 Å². The minimum atomic E-state index is 0.250. The van der Waals surface area contributed by atoms with Gasteiger partial charge in [-0.3, -0.25) is 0 Å². The van der Waals surface area contributed by atoms with Crippen LogP contribution in [0.2, 0.25) is 0 Å². The van der Waals surface area contributed by atoms with Gasteiger partial charge in [0.15, 0.2) is 0 Å². The molecule has 2 rings (SSSR count). The van der Waals surface area contributed by atoms with E-state index in [-0.39, 0.29) is 5.75 Å². The molecule has 0 saturated heterocycles.